The zero-order valence-corrected chi connectivity index (χ0v) is 25.2. The van der Waals surface area contributed by atoms with Gasteiger partial charge in [0.1, 0.15) is 15.5 Å². The van der Waals surface area contributed by atoms with Crippen LogP contribution in [0, 0.1) is 13.8 Å². The van der Waals surface area contributed by atoms with Crippen LogP contribution in [0.5, 0.6) is 0 Å². The number of carbonyl (C=O) groups is 3. The van der Waals surface area contributed by atoms with Crippen molar-refractivity contribution in [2.45, 2.75) is 79.9 Å². The van der Waals surface area contributed by atoms with E-state index in [0.29, 0.717) is 6.54 Å². The molecule has 1 aliphatic heterocycles. The lowest BCUT2D eigenvalue weighted by Crippen LogP contribution is -2.60. The molecular formula is C26H33IN4O4S2. The first-order valence-corrected chi connectivity index (χ1v) is 14.7. The molecule has 2 heterocycles. The van der Waals surface area contributed by atoms with Gasteiger partial charge >= 0.3 is 0 Å². The first-order valence-electron chi connectivity index (χ1n) is 12.3. The Hall–Kier alpha value is -1.70. The minimum absolute atomic E-state index is 0.0322. The number of halogens is 1. The Kier molecular flexibility index (Phi) is 8.28. The van der Waals surface area contributed by atoms with Crippen LogP contribution in [0.3, 0.4) is 0 Å². The number of thiol groups is 1. The first kappa shape index (κ1) is 28.3. The fraction of sp³-hybridized carbons (Fsp3) is 0.538. The number of amides is 3. The first-order chi connectivity index (χ1) is 17.3. The molecule has 200 valence electrons. The number of rotatable bonds is 8. The van der Waals surface area contributed by atoms with Crippen LogP contribution in [0.2, 0.25) is 0 Å². The summed E-state index contributed by atoms with van der Waals surface area (Å²) in [5.74, 6) is -0.936. The third-order valence-corrected chi connectivity index (χ3v) is 9.80. The number of aliphatic hydroxyl groups is 1. The average molecular weight is 657 g/mol. The molecule has 3 atom stereocenters. The lowest BCUT2D eigenvalue weighted by atomic mass is 10.0. The van der Waals surface area contributed by atoms with Crippen molar-refractivity contribution in [3.05, 3.63) is 40.5 Å². The predicted octanol–water partition coefficient (Wildman–Crippen LogP) is 3.17. The van der Waals surface area contributed by atoms with Crippen molar-refractivity contribution in [1.82, 2.24) is 20.5 Å². The Labute approximate surface area is 240 Å². The van der Waals surface area contributed by atoms with Gasteiger partial charge in [0.15, 0.2) is 0 Å². The summed E-state index contributed by atoms with van der Waals surface area (Å²) >= 11 is 8.30. The van der Waals surface area contributed by atoms with E-state index in [1.54, 1.807) is 25.2 Å². The van der Waals surface area contributed by atoms with Crippen molar-refractivity contribution in [1.29, 1.82) is 0 Å². The molecule has 1 unspecified atom stereocenters. The summed E-state index contributed by atoms with van der Waals surface area (Å²) in [6, 6.07) is 4.33. The standard InChI is InChI=1S/C26H33IN4O4S2/c1-14-9-16(20-15(2)29-13-37-20)5-6-17(14)11-28-22(33)19-10-18(32)12-31(19)23(34)21(25(3,4)36)30-24(35)26(27)7-8-26/h5-6,9,13,18-19,21,32,36H,7-8,10-12H2,1-4H3,(H,28,33)(H,30,35)/t18-,19?,21-/m1/s1. The maximum absolute atomic E-state index is 13.6. The second-order valence-corrected chi connectivity index (χ2v) is 14.6. The van der Waals surface area contributed by atoms with Gasteiger partial charge in [-0.1, -0.05) is 40.8 Å². The fourth-order valence-electron chi connectivity index (χ4n) is 4.52. The molecule has 8 nitrogen and oxygen atoms in total. The van der Waals surface area contributed by atoms with Crippen molar-refractivity contribution in [2.24, 2.45) is 0 Å². The number of β-amino-alcohol motifs (C(OH)–C–C–N with tert-alkyl or cyclic N) is 1. The molecule has 1 saturated heterocycles. The smallest absolute Gasteiger partial charge is 0.247 e. The van der Waals surface area contributed by atoms with Crippen molar-refractivity contribution >= 4 is 64.3 Å². The summed E-state index contributed by atoms with van der Waals surface area (Å²) in [7, 11) is 0. The van der Waals surface area contributed by atoms with Crippen LogP contribution in [-0.2, 0) is 20.9 Å². The number of thiazole rings is 1. The highest BCUT2D eigenvalue weighted by molar-refractivity contribution is 14.1. The molecule has 2 fully saturated rings. The van der Waals surface area contributed by atoms with Gasteiger partial charge in [-0.05, 0) is 57.2 Å². The van der Waals surface area contributed by atoms with Crippen molar-refractivity contribution in [3.63, 3.8) is 0 Å². The van der Waals surface area contributed by atoms with E-state index in [4.69, 9.17) is 0 Å². The Morgan fingerprint density at radius 2 is 2.03 bits per heavy atom. The number of aliphatic hydroxyl groups excluding tert-OH is 1. The van der Waals surface area contributed by atoms with Crippen LogP contribution in [-0.4, -0.2) is 65.6 Å². The van der Waals surface area contributed by atoms with Gasteiger partial charge in [0.25, 0.3) is 0 Å². The molecular weight excluding hydrogens is 623 g/mol. The van der Waals surface area contributed by atoms with E-state index in [2.05, 4.69) is 56.9 Å². The quantitative estimate of drug-likeness (QED) is 0.198. The molecule has 1 saturated carbocycles. The summed E-state index contributed by atoms with van der Waals surface area (Å²) in [6.45, 7) is 7.83. The average Bonchev–Trinajstić information content (AvgIpc) is 3.23. The monoisotopic (exact) mass is 656 g/mol. The molecule has 2 aromatic rings. The summed E-state index contributed by atoms with van der Waals surface area (Å²) in [4.78, 5) is 46.4. The van der Waals surface area contributed by atoms with E-state index in [9.17, 15) is 19.5 Å². The molecule has 0 spiro atoms. The zero-order valence-electron chi connectivity index (χ0n) is 21.4. The number of aryl methyl sites for hydroxylation is 2. The van der Waals surface area contributed by atoms with Gasteiger partial charge in [-0.25, -0.2) is 4.98 Å². The summed E-state index contributed by atoms with van der Waals surface area (Å²) in [6.07, 6.45) is 0.863. The Balaban J connectivity index is 1.45. The summed E-state index contributed by atoms with van der Waals surface area (Å²) in [5.41, 5.74) is 5.91. The molecule has 1 aliphatic carbocycles. The van der Waals surface area contributed by atoms with Crippen molar-refractivity contribution < 1.29 is 19.5 Å². The molecule has 3 amide bonds. The second kappa shape index (κ2) is 10.8. The molecule has 37 heavy (non-hydrogen) atoms. The van der Waals surface area contributed by atoms with E-state index in [-0.39, 0.29) is 24.8 Å². The van der Waals surface area contributed by atoms with Gasteiger partial charge in [0.2, 0.25) is 17.7 Å². The number of nitrogens with zero attached hydrogens (tertiary/aromatic N) is 2. The lowest BCUT2D eigenvalue weighted by Gasteiger charge is -2.35. The third-order valence-electron chi connectivity index (χ3n) is 6.99. The topological polar surface area (TPSA) is 112 Å². The van der Waals surface area contributed by atoms with Crippen molar-refractivity contribution in [3.8, 4) is 10.4 Å². The fourth-order valence-corrected chi connectivity index (χ4v) is 5.93. The van der Waals surface area contributed by atoms with Gasteiger partial charge in [0.05, 0.1) is 22.2 Å². The van der Waals surface area contributed by atoms with E-state index >= 15 is 0 Å². The molecule has 3 N–H and O–H groups in total. The zero-order chi connectivity index (χ0) is 27.1. The minimum atomic E-state index is -0.929. The number of likely N-dealkylation sites (tertiary alicyclic amines) is 1. The number of carbonyl (C=O) groups excluding carboxylic acids is 3. The Morgan fingerprint density at radius 1 is 1.32 bits per heavy atom. The number of benzene rings is 1. The van der Waals surface area contributed by atoms with Crippen LogP contribution in [0.1, 0.15) is 49.9 Å². The summed E-state index contributed by atoms with van der Waals surface area (Å²) < 4.78 is -1.35. The number of aromatic nitrogens is 1. The molecule has 2 aliphatic rings. The third kappa shape index (κ3) is 6.31. The predicted molar refractivity (Wildman–Crippen MR) is 156 cm³/mol. The van der Waals surface area contributed by atoms with Gasteiger partial charge in [-0.15, -0.1) is 11.3 Å². The molecule has 4 rings (SSSR count). The molecule has 1 aromatic carbocycles. The van der Waals surface area contributed by atoms with E-state index in [1.807, 2.05) is 31.5 Å². The lowest BCUT2D eigenvalue weighted by molar-refractivity contribution is -0.142. The Morgan fingerprint density at radius 3 is 2.59 bits per heavy atom. The second-order valence-electron chi connectivity index (χ2n) is 10.5. The van der Waals surface area contributed by atoms with E-state index in [1.165, 1.54) is 4.90 Å². The number of hydrogen-bond donors (Lipinski definition) is 4. The van der Waals surface area contributed by atoms with E-state index in [0.717, 1.165) is 40.1 Å². The maximum atomic E-state index is 13.6. The normalized spacial score (nSPS) is 21.4. The molecule has 0 bridgehead atoms. The van der Waals surface area contributed by atoms with Crippen LogP contribution in [0.4, 0.5) is 0 Å². The van der Waals surface area contributed by atoms with Gasteiger partial charge in [-0.3, -0.25) is 14.4 Å². The van der Waals surface area contributed by atoms with Crippen molar-refractivity contribution in [2.75, 3.05) is 6.54 Å². The largest absolute Gasteiger partial charge is 0.391 e. The highest BCUT2D eigenvalue weighted by atomic mass is 127. The molecule has 0 radical (unpaired) electrons. The molecule has 11 heteroatoms. The highest BCUT2D eigenvalue weighted by Crippen LogP contribution is 2.45. The van der Waals surface area contributed by atoms with E-state index < -0.39 is 32.3 Å². The van der Waals surface area contributed by atoms with Crippen LogP contribution in [0.15, 0.2) is 23.7 Å². The van der Waals surface area contributed by atoms with Gasteiger partial charge in [-0.2, -0.15) is 12.6 Å². The minimum Gasteiger partial charge on any atom is -0.391 e. The number of alkyl halides is 1. The summed E-state index contributed by atoms with van der Waals surface area (Å²) in [5, 5.41) is 16.2. The SMILES string of the molecule is Cc1cc(-c2scnc2C)ccc1CNC(=O)C1C[C@@H](O)CN1C(=O)[C@@H](NC(=O)C1(I)CC1)C(C)(C)S. The van der Waals surface area contributed by atoms with Gasteiger partial charge < -0.3 is 20.6 Å². The highest BCUT2D eigenvalue weighted by Gasteiger charge is 2.51. The Bertz CT molecular complexity index is 1210. The van der Waals surface area contributed by atoms with Crippen LogP contribution >= 0.6 is 46.6 Å². The van der Waals surface area contributed by atoms with Gasteiger partial charge in [0, 0.05) is 24.3 Å². The number of nitrogens with one attached hydrogen (secondary N) is 2. The van der Waals surface area contributed by atoms with Crippen LogP contribution in [0.25, 0.3) is 10.4 Å². The van der Waals surface area contributed by atoms with Crippen LogP contribution < -0.4 is 10.6 Å². The molecule has 1 aromatic heterocycles. The number of hydrogen-bond acceptors (Lipinski definition) is 7. The maximum Gasteiger partial charge on any atom is 0.247 e.